The number of amides is 1. The molecular weight excluding hydrogens is 240 g/mol. The van der Waals surface area contributed by atoms with Crippen molar-refractivity contribution in [2.24, 2.45) is 0 Å². The van der Waals surface area contributed by atoms with E-state index in [2.05, 4.69) is 0 Å². The van der Waals surface area contributed by atoms with Gasteiger partial charge < -0.3 is 9.32 Å². The van der Waals surface area contributed by atoms with Crippen LogP contribution in [-0.2, 0) is 6.54 Å². The fourth-order valence-corrected chi connectivity index (χ4v) is 1.58. The maximum atomic E-state index is 13.4. The Bertz CT molecular complexity index is 552. The largest absolute Gasteiger partial charge is 0.472 e. The lowest BCUT2D eigenvalue weighted by molar-refractivity contribution is 0.0783. The summed E-state index contributed by atoms with van der Waals surface area (Å²) in [6, 6.07) is 4.81. The van der Waals surface area contributed by atoms with E-state index in [0.717, 1.165) is 12.1 Å². The van der Waals surface area contributed by atoms with Crippen LogP contribution in [0.25, 0.3) is 0 Å². The molecule has 2 rings (SSSR count). The van der Waals surface area contributed by atoms with Crippen molar-refractivity contribution >= 4 is 5.91 Å². The minimum absolute atomic E-state index is 0.0656. The monoisotopic (exact) mass is 251 g/mol. The molecule has 0 radical (unpaired) electrons. The smallest absolute Gasteiger partial charge is 0.257 e. The van der Waals surface area contributed by atoms with Crippen molar-refractivity contribution in [3.8, 4) is 0 Å². The van der Waals surface area contributed by atoms with Crippen LogP contribution in [0.3, 0.4) is 0 Å². The van der Waals surface area contributed by atoms with Crippen LogP contribution in [0.5, 0.6) is 0 Å². The first-order valence-electron chi connectivity index (χ1n) is 5.29. The van der Waals surface area contributed by atoms with Gasteiger partial charge in [0.1, 0.15) is 17.9 Å². The van der Waals surface area contributed by atoms with Gasteiger partial charge in [0.15, 0.2) is 0 Å². The van der Waals surface area contributed by atoms with Gasteiger partial charge in [-0.05, 0) is 12.1 Å². The minimum Gasteiger partial charge on any atom is -0.472 e. The Morgan fingerprint density at radius 3 is 2.72 bits per heavy atom. The van der Waals surface area contributed by atoms with Crippen molar-refractivity contribution in [1.82, 2.24) is 4.90 Å². The molecule has 1 aromatic carbocycles. The number of benzene rings is 1. The van der Waals surface area contributed by atoms with Crippen LogP contribution in [0, 0.1) is 11.6 Å². The molecule has 3 nitrogen and oxygen atoms in total. The van der Waals surface area contributed by atoms with Gasteiger partial charge in [0, 0.05) is 25.2 Å². The van der Waals surface area contributed by atoms with Gasteiger partial charge in [-0.15, -0.1) is 0 Å². The molecular formula is C13H11F2NO2. The fourth-order valence-electron chi connectivity index (χ4n) is 1.58. The van der Waals surface area contributed by atoms with Crippen LogP contribution in [0.15, 0.2) is 41.2 Å². The highest BCUT2D eigenvalue weighted by atomic mass is 19.1. The minimum atomic E-state index is -0.665. The Balaban J connectivity index is 2.11. The predicted octanol–water partition coefficient (Wildman–Crippen LogP) is 2.83. The molecule has 0 unspecified atom stereocenters. The molecule has 0 bridgehead atoms. The summed E-state index contributed by atoms with van der Waals surface area (Å²) >= 11 is 0. The van der Waals surface area contributed by atoms with Gasteiger partial charge in [0.05, 0.1) is 11.8 Å². The number of rotatable bonds is 3. The summed E-state index contributed by atoms with van der Waals surface area (Å²) in [7, 11) is 1.54. The molecule has 1 heterocycles. The van der Waals surface area contributed by atoms with Crippen molar-refractivity contribution in [3.05, 3.63) is 59.6 Å². The molecule has 0 aliphatic carbocycles. The van der Waals surface area contributed by atoms with Gasteiger partial charge in [0.25, 0.3) is 5.91 Å². The molecule has 94 valence electrons. The molecule has 0 aliphatic rings. The summed E-state index contributed by atoms with van der Waals surface area (Å²) < 4.78 is 31.0. The van der Waals surface area contributed by atoms with Crippen LogP contribution < -0.4 is 0 Å². The van der Waals surface area contributed by atoms with Crippen molar-refractivity contribution in [2.75, 3.05) is 7.05 Å². The molecule has 0 spiro atoms. The number of hydrogen-bond acceptors (Lipinski definition) is 2. The van der Waals surface area contributed by atoms with E-state index in [-0.39, 0.29) is 18.0 Å². The van der Waals surface area contributed by atoms with E-state index in [9.17, 15) is 13.6 Å². The van der Waals surface area contributed by atoms with Crippen LogP contribution in [0.4, 0.5) is 8.78 Å². The first kappa shape index (κ1) is 12.3. The lowest BCUT2D eigenvalue weighted by Crippen LogP contribution is -2.26. The zero-order valence-corrected chi connectivity index (χ0v) is 9.69. The Morgan fingerprint density at radius 1 is 1.33 bits per heavy atom. The molecule has 1 amide bonds. The normalized spacial score (nSPS) is 10.4. The van der Waals surface area contributed by atoms with E-state index < -0.39 is 11.6 Å². The number of furan rings is 1. The fraction of sp³-hybridized carbons (Fsp3) is 0.154. The second kappa shape index (κ2) is 5.00. The molecule has 0 saturated heterocycles. The zero-order chi connectivity index (χ0) is 13.1. The van der Waals surface area contributed by atoms with Gasteiger partial charge in [-0.2, -0.15) is 0 Å². The number of nitrogens with zero attached hydrogens (tertiary/aromatic N) is 1. The lowest BCUT2D eigenvalue weighted by Gasteiger charge is -2.16. The molecule has 1 aromatic heterocycles. The Kier molecular flexibility index (Phi) is 3.41. The van der Waals surface area contributed by atoms with Crippen LogP contribution in [0.2, 0.25) is 0 Å². The Labute approximate surface area is 103 Å². The summed E-state index contributed by atoms with van der Waals surface area (Å²) in [5, 5.41) is 0. The van der Waals surface area contributed by atoms with Crippen molar-refractivity contribution in [3.63, 3.8) is 0 Å². The van der Waals surface area contributed by atoms with E-state index in [1.807, 2.05) is 0 Å². The highest BCUT2D eigenvalue weighted by Gasteiger charge is 2.14. The first-order chi connectivity index (χ1) is 8.58. The first-order valence-corrected chi connectivity index (χ1v) is 5.29. The number of carbonyl (C=O) groups excluding carboxylic acids is 1. The molecule has 0 N–H and O–H groups in total. The van der Waals surface area contributed by atoms with Crippen molar-refractivity contribution < 1.29 is 18.0 Å². The third-order valence-corrected chi connectivity index (χ3v) is 2.54. The second-order valence-corrected chi connectivity index (χ2v) is 3.91. The van der Waals surface area contributed by atoms with Crippen LogP contribution in [-0.4, -0.2) is 17.9 Å². The maximum absolute atomic E-state index is 13.4. The Morgan fingerprint density at radius 2 is 2.11 bits per heavy atom. The van der Waals surface area contributed by atoms with Crippen LogP contribution >= 0.6 is 0 Å². The van der Waals surface area contributed by atoms with Gasteiger partial charge in [0.2, 0.25) is 0 Å². The second-order valence-electron chi connectivity index (χ2n) is 3.91. The average Bonchev–Trinajstić information content (AvgIpc) is 2.85. The van der Waals surface area contributed by atoms with E-state index in [0.29, 0.717) is 5.56 Å². The van der Waals surface area contributed by atoms with Crippen LogP contribution in [0.1, 0.15) is 15.9 Å². The molecule has 0 fully saturated rings. The van der Waals surface area contributed by atoms with Gasteiger partial charge in [-0.1, -0.05) is 6.07 Å². The van der Waals surface area contributed by atoms with E-state index >= 15 is 0 Å². The third-order valence-electron chi connectivity index (χ3n) is 2.54. The summed E-state index contributed by atoms with van der Waals surface area (Å²) in [6.45, 7) is 0.0656. The third kappa shape index (κ3) is 2.56. The summed E-state index contributed by atoms with van der Waals surface area (Å²) in [5.41, 5.74) is 0.649. The highest BCUT2D eigenvalue weighted by molar-refractivity contribution is 5.93. The molecule has 2 aromatic rings. The van der Waals surface area contributed by atoms with E-state index in [1.165, 1.54) is 36.6 Å². The van der Waals surface area contributed by atoms with Gasteiger partial charge in [-0.3, -0.25) is 4.79 Å². The molecule has 5 heteroatoms. The highest BCUT2D eigenvalue weighted by Crippen LogP contribution is 2.13. The summed E-state index contributed by atoms with van der Waals surface area (Å²) in [6.07, 6.45) is 2.71. The molecule has 0 atom stereocenters. The summed E-state index contributed by atoms with van der Waals surface area (Å²) in [4.78, 5) is 13.2. The maximum Gasteiger partial charge on any atom is 0.257 e. The van der Waals surface area contributed by atoms with Gasteiger partial charge in [-0.25, -0.2) is 8.78 Å². The molecule has 0 aliphatic heterocycles. The van der Waals surface area contributed by atoms with E-state index in [1.54, 1.807) is 0 Å². The summed E-state index contributed by atoms with van der Waals surface area (Å²) in [5.74, 6) is -1.59. The van der Waals surface area contributed by atoms with Crippen molar-refractivity contribution in [1.29, 1.82) is 0 Å². The number of halogens is 2. The lowest BCUT2D eigenvalue weighted by atomic mass is 10.2. The molecule has 18 heavy (non-hydrogen) atoms. The topological polar surface area (TPSA) is 33.5 Å². The van der Waals surface area contributed by atoms with E-state index in [4.69, 9.17) is 4.42 Å². The number of hydrogen-bond donors (Lipinski definition) is 0. The Hall–Kier alpha value is -2.17. The SMILES string of the molecule is CN(Cc1ccc(F)cc1F)C(=O)c1ccoc1. The van der Waals surface area contributed by atoms with Gasteiger partial charge >= 0.3 is 0 Å². The van der Waals surface area contributed by atoms with Crippen molar-refractivity contribution in [2.45, 2.75) is 6.54 Å². The molecule has 0 saturated carbocycles. The standard InChI is InChI=1S/C13H11F2NO2/c1-16(13(17)10-4-5-18-8-10)7-9-2-3-11(14)6-12(9)15/h2-6,8H,7H2,1H3. The number of carbonyl (C=O) groups is 1. The predicted molar refractivity (Wildman–Crippen MR) is 60.9 cm³/mol. The quantitative estimate of drug-likeness (QED) is 0.840. The average molecular weight is 251 g/mol. The zero-order valence-electron chi connectivity index (χ0n) is 9.69.